The molecule has 3 heteroatoms. The van der Waals surface area contributed by atoms with Crippen molar-refractivity contribution in [2.45, 2.75) is 6.42 Å². The molecule has 0 aliphatic rings. The van der Waals surface area contributed by atoms with Crippen LogP contribution in [0.15, 0.2) is 24.3 Å². The zero-order valence-electron chi connectivity index (χ0n) is 7.66. The topological polar surface area (TPSA) is 49.3 Å². The number of amides is 1. The lowest BCUT2D eigenvalue weighted by Crippen LogP contribution is -2.25. The van der Waals surface area contributed by atoms with Crippen molar-refractivity contribution in [3.8, 4) is 18.1 Å². The van der Waals surface area contributed by atoms with Crippen molar-refractivity contribution in [1.82, 2.24) is 5.32 Å². The second-order valence-electron chi connectivity index (χ2n) is 2.82. The van der Waals surface area contributed by atoms with Gasteiger partial charge in [0, 0.05) is 0 Å². The van der Waals surface area contributed by atoms with Crippen LogP contribution >= 0.6 is 0 Å². The minimum atomic E-state index is -0.117. The first-order valence-electron chi connectivity index (χ1n) is 4.20. The van der Waals surface area contributed by atoms with Gasteiger partial charge in [0.1, 0.15) is 5.75 Å². The maximum absolute atomic E-state index is 11.2. The number of hydrogen-bond acceptors (Lipinski definition) is 2. The Bertz CT molecular complexity index is 349. The van der Waals surface area contributed by atoms with Crippen molar-refractivity contribution >= 4 is 5.91 Å². The molecule has 3 nitrogen and oxygen atoms in total. The molecule has 1 aromatic carbocycles. The first-order valence-corrected chi connectivity index (χ1v) is 4.20. The third kappa shape index (κ3) is 3.20. The van der Waals surface area contributed by atoms with Crippen LogP contribution in [0.5, 0.6) is 5.75 Å². The zero-order valence-corrected chi connectivity index (χ0v) is 7.66. The Hall–Kier alpha value is -1.95. The Morgan fingerprint density at radius 3 is 2.64 bits per heavy atom. The molecule has 0 atom stereocenters. The molecular formula is C11H11NO2. The fourth-order valence-corrected chi connectivity index (χ4v) is 1.01. The van der Waals surface area contributed by atoms with Crippen molar-refractivity contribution in [1.29, 1.82) is 0 Å². The van der Waals surface area contributed by atoms with Crippen molar-refractivity contribution in [2.75, 3.05) is 6.54 Å². The summed E-state index contributed by atoms with van der Waals surface area (Å²) in [5.74, 6) is 2.40. The maximum atomic E-state index is 11.2. The number of phenols is 1. The van der Waals surface area contributed by atoms with E-state index in [0.717, 1.165) is 5.56 Å². The van der Waals surface area contributed by atoms with Crippen molar-refractivity contribution in [3.05, 3.63) is 29.8 Å². The fraction of sp³-hybridized carbons (Fsp3) is 0.182. The summed E-state index contributed by atoms with van der Waals surface area (Å²) in [6.45, 7) is 0.247. The SMILES string of the molecule is C#CCNC(=O)Cc1ccc(O)cc1. The van der Waals surface area contributed by atoms with Gasteiger partial charge in [-0.3, -0.25) is 4.79 Å². The third-order valence-corrected chi connectivity index (χ3v) is 1.69. The Morgan fingerprint density at radius 2 is 2.07 bits per heavy atom. The highest BCUT2D eigenvalue weighted by Gasteiger charge is 2.01. The van der Waals surface area contributed by atoms with Gasteiger partial charge in [-0.1, -0.05) is 18.1 Å². The van der Waals surface area contributed by atoms with Crippen LogP contribution in [0.3, 0.4) is 0 Å². The highest BCUT2D eigenvalue weighted by atomic mass is 16.3. The molecule has 1 aromatic rings. The van der Waals surface area contributed by atoms with Crippen molar-refractivity contribution in [3.63, 3.8) is 0 Å². The molecule has 0 heterocycles. The molecule has 0 radical (unpaired) electrons. The molecule has 0 aromatic heterocycles. The smallest absolute Gasteiger partial charge is 0.225 e. The van der Waals surface area contributed by atoms with Crippen LogP contribution in [0.2, 0.25) is 0 Å². The van der Waals surface area contributed by atoms with Crippen LogP contribution in [0.1, 0.15) is 5.56 Å². The number of phenolic OH excluding ortho intramolecular Hbond substituents is 1. The van der Waals surface area contributed by atoms with Gasteiger partial charge in [-0.15, -0.1) is 6.42 Å². The second-order valence-corrected chi connectivity index (χ2v) is 2.82. The molecule has 0 saturated carbocycles. The van der Waals surface area contributed by atoms with Gasteiger partial charge in [-0.25, -0.2) is 0 Å². The highest BCUT2D eigenvalue weighted by molar-refractivity contribution is 5.78. The van der Waals surface area contributed by atoms with E-state index in [9.17, 15) is 4.79 Å². The van der Waals surface area contributed by atoms with E-state index in [1.807, 2.05) is 0 Å². The third-order valence-electron chi connectivity index (χ3n) is 1.69. The van der Waals surface area contributed by atoms with E-state index in [-0.39, 0.29) is 24.6 Å². The largest absolute Gasteiger partial charge is 0.508 e. The van der Waals surface area contributed by atoms with E-state index in [2.05, 4.69) is 11.2 Å². The Morgan fingerprint density at radius 1 is 1.43 bits per heavy atom. The average molecular weight is 189 g/mol. The van der Waals surface area contributed by atoms with Crippen LogP contribution in [0.25, 0.3) is 0 Å². The minimum absolute atomic E-state index is 0.117. The number of terminal acetylenes is 1. The summed E-state index contributed by atoms with van der Waals surface area (Å²) in [7, 11) is 0. The maximum Gasteiger partial charge on any atom is 0.225 e. The molecule has 72 valence electrons. The molecule has 2 N–H and O–H groups in total. The molecule has 0 saturated heterocycles. The van der Waals surface area contributed by atoms with Gasteiger partial charge in [0.2, 0.25) is 5.91 Å². The number of carbonyl (C=O) groups excluding carboxylic acids is 1. The van der Waals surface area contributed by atoms with E-state index in [1.54, 1.807) is 24.3 Å². The lowest BCUT2D eigenvalue weighted by Gasteiger charge is -2.01. The van der Waals surface area contributed by atoms with Crippen LogP contribution in [0, 0.1) is 12.3 Å². The predicted molar refractivity (Wildman–Crippen MR) is 53.7 cm³/mol. The standard InChI is InChI=1S/C11H11NO2/c1-2-7-12-11(14)8-9-3-5-10(13)6-4-9/h1,3-6,13H,7-8H2,(H,12,14). The number of nitrogens with one attached hydrogen (secondary N) is 1. The number of benzene rings is 1. The zero-order chi connectivity index (χ0) is 10.4. The lowest BCUT2D eigenvalue weighted by molar-refractivity contribution is -0.120. The molecule has 1 rings (SSSR count). The first-order chi connectivity index (χ1) is 6.72. The number of aromatic hydroxyl groups is 1. The molecule has 14 heavy (non-hydrogen) atoms. The quantitative estimate of drug-likeness (QED) is 0.687. The first kappa shape index (κ1) is 10.1. The average Bonchev–Trinajstić information content (AvgIpc) is 2.18. The molecule has 0 fully saturated rings. The molecule has 1 amide bonds. The molecule has 0 bridgehead atoms. The monoisotopic (exact) mass is 189 g/mol. The van der Waals surface area contributed by atoms with Crippen LogP contribution < -0.4 is 5.32 Å². The predicted octanol–water partition coefficient (Wildman–Crippen LogP) is 0.684. The molecule has 0 spiro atoms. The van der Waals surface area contributed by atoms with Gasteiger partial charge in [0.05, 0.1) is 13.0 Å². The summed E-state index contributed by atoms with van der Waals surface area (Å²) < 4.78 is 0. The lowest BCUT2D eigenvalue weighted by atomic mass is 10.1. The van der Waals surface area contributed by atoms with E-state index in [4.69, 9.17) is 11.5 Å². The van der Waals surface area contributed by atoms with Crippen molar-refractivity contribution in [2.24, 2.45) is 0 Å². The summed E-state index contributed by atoms with van der Waals surface area (Å²) >= 11 is 0. The summed E-state index contributed by atoms with van der Waals surface area (Å²) in [4.78, 5) is 11.2. The van der Waals surface area contributed by atoms with Crippen molar-refractivity contribution < 1.29 is 9.90 Å². The van der Waals surface area contributed by atoms with Gasteiger partial charge >= 0.3 is 0 Å². The molecule has 0 aliphatic carbocycles. The summed E-state index contributed by atoms with van der Waals surface area (Å²) in [5, 5.41) is 11.6. The van der Waals surface area contributed by atoms with Gasteiger partial charge in [0.25, 0.3) is 0 Å². The summed E-state index contributed by atoms with van der Waals surface area (Å²) in [6, 6.07) is 6.49. The van der Waals surface area contributed by atoms with Gasteiger partial charge < -0.3 is 10.4 Å². The van der Waals surface area contributed by atoms with Gasteiger partial charge in [-0.05, 0) is 17.7 Å². The second kappa shape index (κ2) is 4.93. The van der Waals surface area contributed by atoms with Gasteiger partial charge in [-0.2, -0.15) is 0 Å². The fourth-order valence-electron chi connectivity index (χ4n) is 1.01. The normalized spacial score (nSPS) is 9.07. The Kier molecular flexibility index (Phi) is 3.57. The summed E-state index contributed by atoms with van der Waals surface area (Å²) in [6.07, 6.45) is 5.27. The minimum Gasteiger partial charge on any atom is -0.508 e. The van der Waals surface area contributed by atoms with Gasteiger partial charge in [0.15, 0.2) is 0 Å². The summed E-state index contributed by atoms with van der Waals surface area (Å²) in [5.41, 5.74) is 0.845. The number of hydrogen-bond donors (Lipinski definition) is 2. The van der Waals surface area contributed by atoms with Crippen LogP contribution in [-0.2, 0) is 11.2 Å². The van der Waals surface area contributed by atoms with Crippen LogP contribution in [-0.4, -0.2) is 17.6 Å². The Balaban J connectivity index is 2.49. The van der Waals surface area contributed by atoms with E-state index in [1.165, 1.54) is 0 Å². The molecular weight excluding hydrogens is 178 g/mol. The van der Waals surface area contributed by atoms with E-state index < -0.39 is 0 Å². The molecule has 0 aliphatic heterocycles. The highest BCUT2D eigenvalue weighted by Crippen LogP contribution is 2.09. The Labute approximate surface area is 82.8 Å². The molecule has 0 unspecified atom stereocenters. The van der Waals surface area contributed by atoms with E-state index >= 15 is 0 Å². The van der Waals surface area contributed by atoms with Crippen LogP contribution in [0.4, 0.5) is 0 Å². The number of rotatable bonds is 3. The van der Waals surface area contributed by atoms with E-state index in [0.29, 0.717) is 0 Å². The number of carbonyl (C=O) groups is 1.